The second-order valence-electron chi connectivity index (χ2n) is 5.23. The van der Waals surface area contributed by atoms with Crippen LogP contribution in [0.5, 0.6) is 0 Å². The molecule has 0 aliphatic carbocycles. The third kappa shape index (κ3) is 4.69. The van der Waals surface area contributed by atoms with E-state index in [0.717, 1.165) is 36.9 Å². The molecule has 1 heterocycles. The molecule has 6 nitrogen and oxygen atoms in total. The van der Waals surface area contributed by atoms with Crippen LogP contribution in [0.4, 0.5) is 5.69 Å². The van der Waals surface area contributed by atoms with Crippen LogP contribution in [-0.2, 0) is 26.3 Å². The molecule has 0 unspecified atom stereocenters. The highest BCUT2D eigenvalue weighted by molar-refractivity contribution is 7.90. The summed E-state index contributed by atoms with van der Waals surface area (Å²) in [7, 11) is -6.66. The number of sulfonamides is 1. The van der Waals surface area contributed by atoms with Gasteiger partial charge in [0.25, 0.3) is 0 Å². The highest BCUT2D eigenvalue weighted by Gasteiger charge is 2.17. The quantitative estimate of drug-likeness (QED) is 0.750. The van der Waals surface area contributed by atoms with Crippen molar-refractivity contribution in [3.63, 3.8) is 0 Å². The minimum Gasteiger partial charge on any atom is -0.385 e. The molecule has 2 N–H and O–H groups in total. The molecule has 0 atom stereocenters. The summed E-state index contributed by atoms with van der Waals surface area (Å²) in [5, 5.41) is 3.19. The van der Waals surface area contributed by atoms with E-state index >= 15 is 0 Å². The second-order valence-corrected chi connectivity index (χ2v) is 9.26. The minimum absolute atomic E-state index is 0.0265. The van der Waals surface area contributed by atoms with E-state index in [1.165, 1.54) is 0 Å². The first-order chi connectivity index (χ1) is 9.78. The lowest BCUT2D eigenvalue weighted by molar-refractivity contribution is 0.577. The Morgan fingerprint density at radius 2 is 2.00 bits per heavy atom. The molecule has 0 saturated carbocycles. The zero-order chi connectivity index (χ0) is 15.5. The molecule has 1 aromatic rings. The fourth-order valence-corrected chi connectivity index (χ4v) is 4.00. The lowest BCUT2D eigenvalue weighted by Crippen LogP contribution is -2.26. The number of rotatable bonds is 6. The van der Waals surface area contributed by atoms with E-state index in [1.54, 1.807) is 12.1 Å². The molecule has 0 bridgehead atoms. The van der Waals surface area contributed by atoms with Crippen LogP contribution in [0, 0.1) is 0 Å². The standard InChI is InChI=1S/C13H20N2O4S2/c1-20(16,17)9-3-8-15-21(18,19)12-6-5-11-4-2-7-14-13(11)10-12/h5-6,10,14-15H,2-4,7-9H2,1H3. The molecule has 21 heavy (non-hydrogen) atoms. The normalized spacial score (nSPS) is 15.3. The van der Waals surface area contributed by atoms with E-state index in [4.69, 9.17) is 0 Å². The summed E-state index contributed by atoms with van der Waals surface area (Å²) in [5.41, 5.74) is 1.98. The first-order valence-corrected chi connectivity index (χ1v) is 10.4. The summed E-state index contributed by atoms with van der Waals surface area (Å²) in [5.74, 6) is -0.0265. The Kier molecular flexibility index (Phi) is 4.90. The maximum atomic E-state index is 12.2. The van der Waals surface area contributed by atoms with Crippen molar-refractivity contribution in [1.82, 2.24) is 4.72 Å². The van der Waals surface area contributed by atoms with Crippen molar-refractivity contribution in [2.24, 2.45) is 0 Å². The molecule has 8 heteroatoms. The predicted molar refractivity (Wildman–Crippen MR) is 82.8 cm³/mol. The first-order valence-electron chi connectivity index (χ1n) is 6.82. The van der Waals surface area contributed by atoms with Gasteiger partial charge in [-0.1, -0.05) is 6.07 Å². The average Bonchev–Trinajstić information content (AvgIpc) is 2.42. The summed E-state index contributed by atoms with van der Waals surface area (Å²) in [6.07, 6.45) is 3.39. The smallest absolute Gasteiger partial charge is 0.240 e. The Hall–Kier alpha value is -1.12. The van der Waals surface area contributed by atoms with Crippen LogP contribution in [0.25, 0.3) is 0 Å². The lowest BCUT2D eigenvalue weighted by Gasteiger charge is -2.18. The number of fused-ring (bicyclic) bond motifs is 1. The monoisotopic (exact) mass is 332 g/mol. The van der Waals surface area contributed by atoms with Gasteiger partial charge in [-0.05, 0) is 37.0 Å². The lowest BCUT2D eigenvalue weighted by atomic mass is 10.0. The molecule has 0 saturated heterocycles. The SMILES string of the molecule is CS(=O)(=O)CCCNS(=O)(=O)c1ccc2c(c1)NCCC2. The third-order valence-corrected chi connectivity index (χ3v) is 5.80. The van der Waals surface area contributed by atoms with Gasteiger partial charge in [0.1, 0.15) is 9.84 Å². The summed E-state index contributed by atoms with van der Waals surface area (Å²) in [6, 6.07) is 5.05. The molecule has 0 aromatic heterocycles. The van der Waals surface area contributed by atoms with Crippen LogP contribution < -0.4 is 10.0 Å². The van der Waals surface area contributed by atoms with E-state index in [1.807, 2.05) is 6.07 Å². The van der Waals surface area contributed by atoms with E-state index in [9.17, 15) is 16.8 Å². The van der Waals surface area contributed by atoms with Crippen LogP contribution in [0.2, 0.25) is 0 Å². The predicted octanol–water partition coefficient (Wildman–Crippen LogP) is 0.758. The number of nitrogens with one attached hydrogen (secondary N) is 2. The van der Waals surface area contributed by atoms with Crippen molar-refractivity contribution in [2.75, 3.05) is 30.4 Å². The van der Waals surface area contributed by atoms with Gasteiger partial charge in [-0.15, -0.1) is 0 Å². The number of hydrogen-bond acceptors (Lipinski definition) is 5. The molecular formula is C13H20N2O4S2. The largest absolute Gasteiger partial charge is 0.385 e. The fraction of sp³-hybridized carbons (Fsp3) is 0.538. The van der Waals surface area contributed by atoms with Crippen LogP contribution in [0.15, 0.2) is 23.1 Å². The Labute approximate surface area is 125 Å². The molecule has 0 radical (unpaired) electrons. The zero-order valence-corrected chi connectivity index (χ0v) is 13.6. The van der Waals surface area contributed by atoms with Crippen LogP contribution >= 0.6 is 0 Å². The zero-order valence-electron chi connectivity index (χ0n) is 11.9. The topological polar surface area (TPSA) is 92.3 Å². The third-order valence-electron chi connectivity index (χ3n) is 3.31. The van der Waals surface area contributed by atoms with Crippen molar-refractivity contribution < 1.29 is 16.8 Å². The number of anilines is 1. The molecule has 1 aliphatic heterocycles. The summed E-state index contributed by atoms with van der Waals surface area (Å²) < 4.78 is 48.7. The molecule has 1 aromatic carbocycles. The van der Waals surface area contributed by atoms with Gasteiger partial charge in [0.2, 0.25) is 10.0 Å². The highest BCUT2D eigenvalue weighted by Crippen LogP contribution is 2.24. The average molecular weight is 332 g/mol. The van der Waals surface area contributed by atoms with Crippen LogP contribution in [-0.4, -0.2) is 41.9 Å². The molecule has 0 fully saturated rings. The van der Waals surface area contributed by atoms with Gasteiger partial charge in [0.05, 0.1) is 10.6 Å². The van der Waals surface area contributed by atoms with E-state index in [2.05, 4.69) is 10.0 Å². The molecule has 118 valence electrons. The van der Waals surface area contributed by atoms with Gasteiger partial charge >= 0.3 is 0 Å². The van der Waals surface area contributed by atoms with Gasteiger partial charge < -0.3 is 5.32 Å². The fourth-order valence-electron chi connectivity index (χ4n) is 2.23. The molecule has 2 rings (SSSR count). The van der Waals surface area contributed by atoms with Gasteiger partial charge in [-0.3, -0.25) is 0 Å². The molecular weight excluding hydrogens is 312 g/mol. The maximum absolute atomic E-state index is 12.2. The van der Waals surface area contributed by atoms with Gasteiger partial charge in [0, 0.05) is 25.0 Å². The van der Waals surface area contributed by atoms with E-state index < -0.39 is 19.9 Å². The summed E-state index contributed by atoms with van der Waals surface area (Å²) in [4.78, 5) is 0.204. The van der Waals surface area contributed by atoms with Crippen LogP contribution in [0.1, 0.15) is 18.4 Å². The van der Waals surface area contributed by atoms with E-state index in [-0.39, 0.29) is 23.6 Å². The Morgan fingerprint density at radius 3 is 2.71 bits per heavy atom. The Balaban J connectivity index is 2.02. The Morgan fingerprint density at radius 1 is 1.24 bits per heavy atom. The highest BCUT2D eigenvalue weighted by atomic mass is 32.2. The van der Waals surface area contributed by atoms with Crippen molar-refractivity contribution in [3.05, 3.63) is 23.8 Å². The number of aryl methyl sites for hydroxylation is 1. The minimum atomic E-state index is -3.60. The van der Waals surface area contributed by atoms with Crippen molar-refractivity contribution in [2.45, 2.75) is 24.2 Å². The number of hydrogen-bond donors (Lipinski definition) is 2. The Bertz CT molecular complexity index is 712. The van der Waals surface area contributed by atoms with Crippen molar-refractivity contribution in [3.8, 4) is 0 Å². The first kappa shape index (κ1) is 16.3. The number of sulfone groups is 1. The summed E-state index contributed by atoms with van der Waals surface area (Å²) in [6.45, 7) is 0.957. The maximum Gasteiger partial charge on any atom is 0.240 e. The number of benzene rings is 1. The van der Waals surface area contributed by atoms with E-state index in [0.29, 0.717) is 0 Å². The second kappa shape index (κ2) is 6.33. The summed E-state index contributed by atoms with van der Waals surface area (Å²) >= 11 is 0. The van der Waals surface area contributed by atoms with Crippen molar-refractivity contribution in [1.29, 1.82) is 0 Å². The van der Waals surface area contributed by atoms with Gasteiger partial charge in [0.15, 0.2) is 0 Å². The molecule has 1 aliphatic rings. The molecule has 0 spiro atoms. The van der Waals surface area contributed by atoms with Gasteiger partial charge in [-0.2, -0.15) is 0 Å². The van der Waals surface area contributed by atoms with Gasteiger partial charge in [-0.25, -0.2) is 21.6 Å². The van der Waals surface area contributed by atoms with Crippen molar-refractivity contribution >= 4 is 25.5 Å². The van der Waals surface area contributed by atoms with Crippen LogP contribution in [0.3, 0.4) is 0 Å². The molecule has 0 amide bonds.